The molecule has 1 saturated carbocycles. The van der Waals surface area contributed by atoms with Crippen LogP contribution in [-0.4, -0.2) is 32.2 Å². The van der Waals surface area contributed by atoms with E-state index < -0.39 is 0 Å². The molecule has 2 aliphatic rings. The summed E-state index contributed by atoms with van der Waals surface area (Å²) in [6.45, 7) is 4.78. The minimum atomic E-state index is 0.193. The average molecular weight is 428 g/mol. The van der Waals surface area contributed by atoms with Gasteiger partial charge in [0.05, 0.1) is 47.1 Å². The Morgan fingerprint density at radius 1 is 1.19 bits per heavy atom. The third-order valence-electron chi connectivity index (χ3n) is 6.65. The van der Waals surface area contributed by atoms with Gasteiger partial charge in [-0.2, -0.15) is 5.26 Å². The van der Waals surface area contributed by atoms with Crippen LogP contribution in [0.15, 0.2) is 28.8 Å². The van der Waals surface area contributed by atoms with Crippen LogP contribution >= 0.6 is 0 Å². The van der Waals surface area contributed by atoms with Crippen LogP contribution in [0.3, 0.4) is 0 Å². The van der Waals surface area contributed by atoms with Gasteiger partial charge >= 0.3 is 0 Å². The van der Waals surface area contributed by atoms with Crippen molar-refractivity contribution in [3.63, 3.8) is 0 Å². The molecule has 162 valence electrons. The van der Waals surface area contributed by atoms with E-state index >= 15 is 0 Å². The van der Waals surface area contributed by atoms with Crippen LogP contribution in [0.5, 0.6) is 0 Å². The average Bonchev–Trinajstić information content (AvgIpc) is 3.47. The molecule has 0 N–H and O–H groups in total. The highest BCUT2D eigenvalue weighted by atomic mass is 16.5. The molecular weight excluding hydrogens is 402 g/mol. The Morgan fingerprint density at radius 2 is 2.06 bits per heavy atom. The lowest BCUT2D eigenvalue weighted by molar-refractivity contribution is 0.00630. The zero-order valence-electron chi connectivity index (χ0n) is 18.3. The van der Waals surface area contributed by atoms with Crippen molar-refractivity contribution in [2.24, 2.45) is 0 Å². The summed E-state index contributed by atoms with van der Waals surface area (Å²) in [5.74, 6) is 3.21. The Labute approximate surface area is 186 Å². The largest absolute Gasteiger partial charge is 0.445 e. The predicted molar refractivity (Wildman–Crippen MR) is 119 cm³/mol. The lowest BCUT2D eigenvalue weighted by Gasteiger charge is -2.30. The smallest absolute Gasteiger partial charge is 0.191 e. The molecule has 0 bridgehead atoms. The molecule has 1 saturated heterocycles. The van der Waals surface area contributed by atoms with Crippen molar-refractivity contribution in [3.05, 3.63) is 53.1 Å². The second-order valence-corrected chi connectivity index (χ2v) is 9.09. The number of rotatable bonds is 4. The number of ether oxygens (including phenoxy) is 1. The van der Waals surface area contributed by atoms with E-state index in [1.165, 1.54) is 12.8 Å². The Bertz CT molecular complexity index is 1370. The fraction of sp³-hybridized carbons (Fsp3) is 0.440. The Morgan fingerprint density at radius 3 is 2.84 bits per heavy atom. The summed E-state index contributed by atoms with van der Waals surface area (Å²) >= 11 is 0. The van der Waals surface area contributed by atoms with Gasteiger partial charge in [0, 0.05) is 30.9 Å². The van der Waals surface area contributed by atoms with Crippen LogP contribution in [0, 0.1) is 18.3 Å². The molecule has 2 atom stereocenters. The number of imidazole rings is 1. The summed E-state index contributed by atoms with van der Waals surface area (Å²) in [7, 11) is 0. The SMILES string of the molecule is Cc1nc(Cc2nc3cnc4ccc(C#N)cc4c3n2C2CCO[C@H](C)C2)c(C2CC2)o1. The summed E-state index contributed by atoms with van der Waals surface area (Å²) in [4.78, 5) is 14.4. The van der Waals surface area contributed by atoms with Gasteiger partial charge in [-0.15, -0.1) is 0 Å². The van der Waals surface area contributed by atoms with Crippen molar-refractivity contribution in [2.45, 2.75) is 64.0 Å². The number of fused-ring (bicyclic) bond motifs is 3. The van der Waals surface area contributed by atoms with Gasteiger partial charge in [-0.1, -0.05) is 0 Å². The molecular formula is C25H25N5O2. The lowest BCUT2D eigenvalue weighted by atomic mass is 10.0. The van der Waals surface area contributed by atoms with Gasteiger partial charge in [-0.3, -0.25) is 4.98 Å². The van der Waals surface area contributed by atoms with Crippen LogP contribution in [0.1, 0.15) is 73.3 Å². The normalized spacial score (nSPS) is 21.3. The Kier molecular flexibility index (Phi) is 4.51. The fourth-order valence-electron chi connectivity index (χ4n) is 5.05. The number of nitrogens with zero attached hydrogens (tertiary/aromatic N) is 5. The fourth-order valence-corrected chi connectivity index (χ4v) is 5.05. The van der Waals surface area contributed by atoms with Crippen molar-refractivity contribution in [1.29, 1.82) is 5.26 Å². The predicted octanol–water partition coefficient (Wildman–Crippen LogP) is 4.96. The number of aryl methyl sites for hydroxylation is 1. The van der Waals surface area contributed by atoms with Crippen LogP contribution in [0.4, 0.5) is 0 Å². The highest BCUT2D eigenvalue weighted by Crippen LogP contribution is 2.43. The number of hydrogen-bond donors (Lipinski definition) is 0. The zero-order valence-corrected chi connectivity index (χ0v) is 18.3. The molecule has 1 unspecified atom stereocenters. The second-order valence-electron chi connectivity index (χ2n) is 9.09. The first kappa shape index (κ1) is 19.4. The van der Waals surface area contributed by atoms with Crippen LogP contribution in [-0.2, 0) is 11.2 Å². The molecule has 1 aliphatic carbocycles. The van der Waals surface area contributed by atoms with E-state index in [0.29, 0.717) is 17.9 Å². The lowest BCUT2D eigenvalue weighted by Crippen LogP contribution is -2.26. The van der Waals surface area contributed by atoms with Gasteiger partial charge in [0.25, 0.3) is 0 Å². The summed E-state index contributed by atoms with van der Waals surface area (Å²) in [6.07, 6.45) is 6.86. The van der Waals surface area contributed by atoms with Crippen molar-refractivity contribution >= 4 is 21.9 Å². The van der Waals surface area contributed by atoms with E-state index in [4.69, 9.17) is 19.1 Å². The van der Waals surface area contributed by atoms with Crippen molar-refractivity contribution in [3.8, 4) is 6.07 Å². The van der Waals surface area contributed by atoms with Gasteiger partial charge in [-0.05, 0) is 50.8 Å². The van der Waals surface area contributed by atoms with E-state index in [0.717, 1.165) is 64.6 Å². The third kappa shape index (κ3) is 3.26. The highest BCUT2D eigenvalue weighted by Gasteiger charge is 2.32. The maximum Gasteiger partial charge on any atom is 0.191 e. The van der Waals surface area contributed by atoms with Gasteiger partial charge in [0.15, 0.2) is 5.89 Å². The molecule has 4 heterocycles. The molecule has 7 heteroatoms. The van der Waals surface area contributed by atoms with E-state index in [2.05, 4.69) is 22.5 Å². The van der Waals surface area contributed by atoms with E-state index in [-0.39, 0.29) is 12.1 Å². The van der Waals surface area contributed by atoms with Crippen LogP contribution in [0.25, 0.3) is 21.9 Å². The highest BCUT2D eigenvalue weighted by molar-refractivity contribution is 6.02. The first-order valence-corrected chi connectivity index (χ1v) is 11.4. The molecule has 6 rings (SSSR count). The minimum Gasteiger partial charge on any atom is -0.445 e. The van der Waals surface area contributed by atoms with Gasteiger partial charge in [0.2, 0.25) is 0 Å². The summed E-state index contributed by atoms with van der Waals surface area (Å²) in [5.41, 5.74) is 4.41. The van der Waals surface area contributed by atoms with Crippen LogP contribution in [0.2, 0.25) is 0 Å². The summed E-state index contributed by atoms with van der Waals surface area (Å²) in [5, 5.41) is 10.5. The Balaban J connectivity index is 1.56. The maximum atomic E-state index is 9.48. The third-order valence-corrected chi connectivity index (χ3v) is 6.65. The van der Waals surface area contributed by atoms with Gasteiger partial charge in [0.1, 0.15) is 17.1 Å². The van der Waals surface area contributed by atoms with Crippen molar-refractivity contribution in [2.75, 3.05) is 6.61 Å². The molecule has 0 spiro atoms. The topological polar surface area (TPSA) is 89.8 Å². The standard InChI is InChI=1S/C25H25N5O2/c1-14-9-18(7-8-31-14)30-23(11-21-25(17-4-5-17)32-15(2)28-21)29-22-13-27-20-6-3-16(12-26)10-19(20)24(22)30/h3,6,10,13-14,17-18H,4-5,7-9,11H2,1-2H3/t14-,18?/m1/s1. The molecule has 32 heavy (non-hydrogen) atoms. The molecule has 1 aromatic carbocycles. The molecule has 7 nitrogen and oxygen atoms in total. The minimum absolute atomic E-state index is 0.193. The number of hydrogen-bond acceptors (Lipinski definition) is 6. The number of nitriles is 1. The van der Waals surface area contributed by atoms with Crippen molar-refractivity contribution in [1.82, 2.24) is 19.5 Å². The Hall–Kier alpha value is -3.24. The number of benzene rings is 1. The van der Waals surface area contributed by atoms with E-state index in [1.807, 2.05) is 31.3 Å². The number of pyridine rings is 1. The molecule has 0 radical (unpaired) electrons. The summed E-state index contributed by atoms with van der Waals surface area (Å²) < 4.78 is 14.2. The molecule has 0 amide bonds. The molecule has 2 fully saturated rings. The van der Waals surface area contributed by atoms with Gasteiger partial charge in [-0.25, -0.2) is 9.97 Å². The monoisotopic (exact) mass is 427 g/mol. The molecule has 4 aromatic rings. The quantitative estimate of drug-likeness (QED) is 0.457. The summed E-state index contributed by atoms with van der Waals surface area (Å²) in [6, 6.07) is 8.21. The van der Waals surface area contributed by atoms with Crippen molar-refractivity contribution < 1.29 is 9.15 Å². The molecule has 3 aromatic heterocycles. The van der Waals surface area contributed by atoms with E-state index in [9.17, 15) is 5.26 Å². The van der Waals surface area contributed by atoms with Crippen LogP contribution < -0.4 is 0 Å². The number of aromatic nitrogens is 4. The first-order valence-electron chi connectivity index (χ1n) is 11.4. The molecule has 1 aliphatic heterocycles. The second kappa shape index (κ2) is 7.42. The van der Waals surface area contributed by atoms with E-state index in [1.54, 1.807) is 0 Å². The number of oxazole rings is 1. The zero-order chi connectivity index (χ0) is 21.8. The first-order chi connectivity index (χ1) is 15.6. The maximum absolute atomic E-state index is 9.48. The van der Waals surface area contributed by atoms with Gasteiger partial charge < -0.3 is 13.7 Å².